The molecule has 1 aliphatic rings. The van der Waals surface area contributed by atoms with Crippen molar-refractivity contribution in [1.29, 1.82) is 0 Å². The summed E-state index contributed by atoms with van der Waals surface area (Å²) in [7, 11) is 0. The minimum atomic E-state index is -4.63. The van der Waals surface area contributed by atoms with E-state index in [2.05, 4.69) is 15.3 Å². The molecule has 8 nitrogen and oxygen atoms in total. The van der Waals surface area contributed by atoms with E-state index in [-0.39, 0.29) is 17.3 Å². The number of piperidine rings is 1. The van der Waals surface area contributed by atoms with Crippen LogP contribution in [0.2, 0.25) is 0 Å². The van der Waals surface area contributed by atoms with Gasteiger partial charge in [-0.25, -0.2) is 4.68 Å². The number of para-hydroxylation sites is 1. The van der Waals surface area contributed by atoms with Crippen molar-refractivity contribution in [3.8, 4) is 5.69 Å². The maximum atomic E-state index is 13.6. The summed E-state index contributed by atoms with van der Waals surface area (Å²) in [6.07, 6.45) is -1.32. The normalized spacial score (nSPS) is 16.6. The minimum absolute atomic E-state index is 0.108. The molecule has 0 radical (unpaired) electrons. The number of fused-ring (bicyclic) bond motifs is 1. The van der Waals surface area contributed by atoms with Gasteiger partial charge in [-0.05, 0) is 44.0 Å². The van der Waals surface area contributed by atoms with E-state index in [1.54, 1.807) is 0 Å². The molecule has 1 fully saturated rings. The van der Waals surface area contributed by atoms with E-state index in [0.717, 1.165) is 23.2 Å². The predicted molar refractivity (Wildman–Crippen MR) is 120 cm³/mol. The van der Waals surface area contributed by atoms with Crippen molar-refractivity contribution in [2.75, 3.05) is 13.1 Å². The smallest absolute Gasteiger partial charge is 0.336 e. The largest absolute Gasteiger partial charge is 0.418 e. The molecule has 0 aliphatic carbocycles. The molecule has 5 rings (SSSR count). The van der Waals surface area contributed by atoms with Crippen LogP contribution >= 0.6 is 0 Å². The van der Waals surface area contributed by atoms with Gasteiger partial charge in [0.1, 0.15) is 5.82 Å². The number of alkyl halides is 3. The zero-order valence-electron chi connectivity index (χ0n) is 18.7. The van der Waals surface area contributed by atoms with Crippen molar-refractivity contribution < 1.29 is 18.0 Å². The van der Waals surface area contributed by atoms with Crippen LogP contribution in [0.1, 0.15) is 46.3 Å². The monoisotopic (exact) mass is 482 g/mol. The number of likely N-dealkylation sites (tertiary alicyclic amines) is 1. The Bertz CT molecular complexity index is 1480. The van der Waals surface area contributed by atoms with E-state index in [0.29, 0.717) is 31.0 Å². The number of halogens is 3. The van der Waals surface area contributed by atoms with Crippen molar-refractivity contribution in [1.82, 2.24) is 29.3 Å². The Morgan fingerprint density at radius 2 is 1.86 bits per heavy atom. The molecule has 0 saturated carbocycles. The Hall–Kier alpha value is -4.02. The number of hydrogen-bond donors (Lipinski definition) is 0. The molecule has 11 heteroatoms. The van der Waals surface area contributed by atoms with Crippen molar-refractivity contribution in [2.45, 2.75) is 31.9 Å². The molecule has 180 valence electrons. The summed E-state index contributed by atoms with van der Waals surface area (Å²) in [5.41, 5.74) is -1.33. The third-order valence-electron chi connectivity index (χ3n) is 6.16. The number of hydrogen-bond acceptors (Lipinski definition) is 5. The predicted octanol–water partition coefficient (Wildman–Crippen LogP) is 3.62. The lowest BCUT2D eigenvalue weighted by Gasteiger charge is -2.31. The van der Waals surface area contributed by atoms with Gasteiger partial charge in [-0.3, -0.25) is 14.0 Å². The van der Waals surface area contributed by atoms with Crippen LogP contribution in [0.25, 0.3) is 11.3 Å². The molecule has 1 aromatic carbocycles. The first-order valence-corrected chi connectivity index (χ1v) is 11.1. The van der Waals surface area contributed by atoms with Gasteiger partial charge in [-0.2, -0.15) is 18.3 Å². The van der Waals surface area contributed by atoms with Crippen LogP contribution in [0.3, 0.4) is 0 Å². The highest BCUT2D eigenvalue weighted by molar-refractivity contribution is 5.92. The van der Waals surface area contributed by atoms with Crippen LogP contribution in [0.4, 0.5) is 13.2 Å². The van der Waals surface area contributed by atoms with Crippen LogP contribution in [0, 0.1) is 6.92 Å². The van der Waals surface area contributed by atoms with Gasteiger partial charge in [-0.15, -0.1) is 10.2 Å². The van der Waals surface area contributed by atoms with Gasteiger partial charge in [-0.1, -0.05) is 18.2 Å². The molecule has 3 aromatic heterocycles. The molecule has 0 bridgehead atoms. The first-order chi connectivity index (χ1) is 16.7. The van der Waals surface area contributed by atoms with Gasteiger partial charge >= 0.3 is 6.18 Å². The fourth-order valence-electron chi connectivity index (χ4n) is 4.50. The van der Waals surface area contributed by atoms with Crippen LogP contribution in [0.5, 0.6) is 0 Å². The lowest BCUT2D eigenvalue weighted by Crippen LogP contribution is -2.42. The number of aromatic nitrogens is 5. The average molecular weight is 482 g/mol. The second-order valence-corrected chi connectivity index (χ2v) is 8.50. The van der Waals surface area contributed by atoms with Gasteiger partial charge in [0.2, 0.25) is 5.43 Å². The number of benzene rings is 1. The van der Waals surface area contributed by atoms with E-state index in [1.165, 1.54) is 30.0 Å². The number of nitrogens with zero attached hydrogens (tertiary/aromatic N) is 6. The average Bonchev–Trinajstić information content (AvgIpc) is 3.28. The topological polar surface area (TPSA) is 85.4 Å². The standard InChI is InChI=1S/C24H21F3N6O2/c1-15-13-19(34)21(30-33(15)18-9-3-2-8-17(18)24(25,26)27)23(35)31-11-6-7-16(14-31)22-29-28-20-10-4-5-12-32(20)22/h2-5,8-10,12-13,16H,6-7,11,14H2,1H3. The molecule has 0 N–H and O–H groups in total. The summed E-state index contributed by atoms with van der Waals surface area (Å²) >= 11 is 0. The van der Waals surface area contributed by atoms with Crippen LogP contribution in [-0.2, 0) is 6.18 Å². The number of carbonyl (C=O) groups is 1. The molecule has 4 aromatic rings. The lowest BCUT2D eigenvalue weighted by atomic mass is 9.97. The highest BCUT2D eigenvalue weighted by Gasteiger charge is 2.35. The molecule has 1 unspecified atom stereocenters. The van der Waals surface area contributed by atoms with Crippen molar-refractivity contribution in [2.24, 2.45) is 0 Å². The van der Waals surface area contributed by atoms with Gasteiger partial charge in [0.05, 0.1) is 11.3 Å². The van der Waals surface area contributed by atoms with Gasteiger partial charge in [0.15, 0.2) is 11.3 Å². The summed E-state index contributed by atoms with van der Waals surface area (Å²) in [4.78, 5) is 27.6. The first kappa shape index (κ1) is 22.8. The number of pyridine rings is 1. The van der Waals surface area contributed by atoms with Crippen molar-refractivity contribution >= 4 is 11.6 Å². The fraction of sp³-hybridized carbons (Fsp3) is 0.292. The number of rotatable bonds is 3. The summed E-state index contributed by atoms with van der Waals surface area (Å²) in [6.45, 7) is 2.17. The number of carbonyl (C=O) groups excluding carboxylic acids is 1. The third-order valence-corrected chi connectivity index (χ3v) is 6.16. The molecule has 0 spiro atoms. The Morgan fingerprint density at radius 3 is 2.66 bits per heavy atom. The highest BCUT2D eigenvalue weighted by Crippen LogP contribution is 2.33. The summed E-state index contributed by atoms with van der Waals surface area (Å²) in [5, 5.41) is 12.6. The third kappa shape index (κ3) is 4.17. The maximum absolute atomic E-state index is 13.6. The van der Waals surface area contributed by atoms with Crippen LogP contribution < -0.4 is 5.43 Å². The van der Waals surface area contributed by atoms with Gasteiger partial charge in [0.25, 0.3) is 5.91 Å². The van der Waals surface area contributed by atoms with Crippen molar-refractivity contribution in [3.05, 3.63) is 87.7 Å². The first-order valence-electron chi connectivity index (χ1n) is 11.1. The van der Waals surface area contributed by atoms with Crippen LogP contribution in [-0.4, -0.2) is 48.3 Å². The molecule has 1 saturated heterocycles. The number of amides is 1. The molecular weight excluding hydrogens is 461 g/mol. The molecule has 1 amide bonds. The molecule has 1 aliphatic heterocycles. The quantitative estimate of drug-likeness (QED) is 0.445. The zero-order valence-corrected chi connectivity index (χ0v) is 18.7. The Labute approximate surface area is 197 Å². The SMILES string of the molecule is Cc1cc(=O)c(C(=O)N2CCCC(c3nnc4ccccn34)C2)nn1-c1ccccc1C(F)(F)F. The highest BCUT2D eigenvalue weighted by atomic mass is 19.4. The Morgan fingerprint density at radius 1 is 1.09 bits per heavy atom. The maximum Gasteiger partial charge on any atom is 0.418 e. The van der Waals surface area contributed by atoms with Gasteiger partial charge in [0, 0.05) is 37.0 Å². The summed E-state index contributed by atoms with van der Waals surface area (Å²) in [5.74, 6) is -0.0121. The van der Waals surface area contributed by atoms with E-state index in [9.17, 15) is 22.8 Å². The van der Waals surface area contributed by atoms with Crippen molar-refractivity contribution in [3.63, 3.8) is 0 Å². The Balaban J connectivity index is 1.49. The second-order valence-electron chi connectivity index (χ2n) is 8.50. The van der Waals surface area contributed by atoms with E-state index in [4.69, 9.17) is 0 Å². The fourth-order valence-corrected chi connectivity index (χ4v) is 4.50. The lowest BCUT2D eigenvalue weighted by molar-refractivity contribution is -0.137. The minimum Gasteiger partial charge on any atom is -0.336 e. The molecule has 1 atom stereocenters. The molecule has 4 heterocycles. The Kier molecular flexibility index (Phi) is 5.62. The zero-order chi connectivity index (χ0) is 24.7. The van der Waals surface area contributed by atoms with E-state index in [1.807, 2.05) is 28.8 Å². The van der Waals surface area contributed by atoms with Gasteiger partial charge < -0.3 is 4.90 Å². The van der Waals surface area contributed by atoms with Crippen LogP contribution in [0.15, 0.2) is 59.5 Å². The summed E-state index contributed by atoms with van der Waals surface area (Å²) in [6, 6.07) is 11.6. The number of aryl methyl sites for hydroxylation is 1. The molecule has 35 heavy (non-hydrogen) atoms. The van der Waals surface area contributed by atoms with E-state index >= 15 is 0 Å². The van der Waals surface area contributed by atoms with E-state index < -0.39 is 28.8 Å². The molecular formula is C24H21F3N6O2. The second kappa shape index (κ2) is 8.64. The summed E-state index contributed by atoms with van der Waals surface area (Å²) < 4.78 is 43.6.